The van der Waals surface area contributed by atoms with Gasteiger partial charge in [-0.1, -0.05) is 50.2 Å². The molecular weight excluding hydrogens is 324 g/mol. The molecule has 3 rings (SSSR count). The molecule has 1 fully saturated rings. The predicted octanol–water partition coefficient (Wildman–Crippen LogP) is 3.37. The maximum Gasteiger partial charge on any atom is 0.122 e. The van der Waals surface area contributed by atoms with Gasteiger partial charge in [0.15, 0.2) is 0 Å². The first-order valence-electron chi connectivity index (χ1n) is 9.55. The van der Waals surface area contributed by atoms with Crippen LogP contribution in [0.25, 0.3) is 0 Å². The molecule has 1 unspecified atom stereocenters. The van der Waals surface area contributed by atoms with Gasteiger partial charge in [-0.2, -0.15) is 0 Å². The van der Waals surface area contributed by atoms with Gasteiger partial charge < -0.3 is 14.7 Å². The lowest BCUT2D eigenvalue weighted by atomic mass is 10.0. The van der Waals surface area contributed by atoms with E-state index in [1.165, 1.54) is 11.3 Å². The zero-order valence-corrected chi connectivity index (χ0v) is 15.8. The number of anilines is 1. The number of hydrogen-bond donors (Lipinski definition) is 1. The number of aliphatic hydroxyl groups is 1. The lowest BCUT2D eigenvalue weighted by molar-refractivity contribution is 0.0659. The first-order chi connectivity index (χ1) is 12.6. The third-order valence-electron chi connectivity index (χ3n) is 4.93. The SMILES string of the molecule is CC(C)c1ccccc1OCC(O)CN1CCN(c2ccccc2)CC1. The Morgan fingerprint density at radius 2 is 1.58 bits per heavy atom. The zero-order valence-electron chi connectivity index (χ0n) is 15.8. The van der Waals surface area contributed by atoms with Crippen molar-refractivity contribution in [1.82, 2.24) is 4.90 Å². The molecule has 1 heterocycles. The number of para-hydroxylation sites is 2. The van der Waals surface area contributed by atoms with Crippen LogP contribution in [0.3, 0.4) is 0 Å². The smallest absolute Gasteiger partial charge is 0.122 e. The summed E-state index contributed by atoms with van der Waals surface area (Å²) in [5, 5.41) is 10.4. The highest BCUT2D eigenvalue weighted by atomic mass is 16.5. The van der Waals surface area contributed by atoms with E-state index in [1.54, 1.807) is 0 Å². The molecule has 1 N–H and O–H groups in total. The molecule has 0 bridgehead atoms. The summed E-state index contributed by atoms with van der Waals surface area (Å²) in [6.45, 7) is 9.23. The number of rotatable bonds is 7. The van der Waals surface area contributed by atoms with Crippen LogP contribution in [0.5, 0.6) is 5.75 Å². The van der Waals surface area contributed by atoms with Gasteiger partial charge in [-0.05, 0) is 29.7 Å². The highest BCUT2D eigenvalue weighted by Gasteiger charge is 2.20. The summed E-state index contributed by atoms with van der Waals surface area (Å²) in [5.41, 5.74) is 2.47. The Bertz CT molecular complexity index is 667. The van der Waals surface area contributed by atoms with E-state index in [9.17, 15) is 5.11 Å². The van der Waals surface area contributed by atoms with Gasteiger partial charge in [-0.25, -0.2) is 0 Å². The van der Waals surface area contributed by atoms with Crippen LogP contribution in [0.15, 0.2) is 54.6 Å². The van der Waals surface area contributed by atoms with Crippen molar-refractivity contribution in [1.29, 1.82) is 0 Å². The van der Waals surface area contributed by atoms with Crippen LogP contribution >= 0.6 is 0 Å². The molecule has 0 saturated carbocycles. The summed E-state index contributed by atoms with van der Waals surface area (Å²) in [4.78, 5) is 4.72. The average Bonchev–Trinajstić information content (AvgIpc) is 2.68. The van der Waals surface area contributed by atoms with E-state index in [2.05, 4.69) is 54.0 Å². The van der Waals surface area contributed by atoms with Crippen molar-refractivity contribution in [2.45, 2.75) is 25.9 Å². The first kappa shape index (κ1) is 18.7. The van der Waals surface area contributed by atoms with Crippen LogP contribution in [-0.4, -0.2) is 55.4 Å². The van der Waals surface area contributed by atoms with Gasteiger partial charge in [-0.15, -0.1) is 0 Å². The number of hydrogen-bond acceptors (Lipinski definition) is 4. The molecule has 0 aliphatic carbocycles. The van der Waals surface area contributed by atoms with Crippen molar-refractivity contribution in [3.8, 4) is 5.75 Å². The molecule has 2 aromatic carbocycles. The number of piperazine rings is 1. The molecule has 2 aromatic rings. The standard InChI is InChI=1S/C22H30N2O2/c1-18(2)21-10-6-7-11-22(21)26-17-20(25)16-23-12-14-24(15-13-23)19-8-4-3-5-9-19/h3-11,18,20,25H,12-17H2,1-2H3. The summed E-state index contributed by atoms with van der Waals surface area (Å²) in [5.74, 6) is 1.30. The van der Waals surface area contributed by atoms with E-state index >= 15 is 0 Å². The van der Waals surface area contributed by atoms with Gasteiger partial charge in [0.25, 0.3) is 0 Å². The number of benzene rings is 2. The fraction of sp³-hybridized carbons (Fsp3) is 0.455. The summed E-state index contributed by atoms with van der Waals surface area (Å²) in [6.07, 6.45) is -0.474. The number of ether oxygens (including phenoxy) is 1. The molecule has 26 heavy (non-hydrogen) atoms. The van der Waals surface area contributed by atoms with Crippen LogP contribution in [0.2, 0.25) is 0 Å². The maximum absolute atomic E-state index is 10.4. The Balaban J connectivity index is 1.44. The molecule has 1 atom stereocenters. The third kappa shape index (κ3) is 4.99. The van der Waals surface area contributed by atoms with E-state index in [1.807, 2.05) is 24.3 Å². The quantitative estimate of drug-likeness (QED) is 0.827. The minimum atomic E-state index is -0.474. The lowest BCUT2D eigenvalue weighted by Gasteiger charge is -2.36. The second-order valence-electron chi connectivity index (χ2n) is 7.28. The number of aliphatic hydroxyl groups excluding tert-OH is 1. The highest BCUT2D eigenvalue weighted by Crippen LogP contribution is 2.26. The van der Waals surface area contributed by atoms with Crippen molar-refractivity contribution in [2.75, 3.05) is 44.2 Å². The predicted molar refractivity (Wildman–Crippen MR) is 107 cm³/mol. The van der Waals surface area contributed by atoms with Crippen LogP contribution < -0.4 is 9.64 Å². The molecule has 0 amide bonds. The van der Waals surface area contributed by atoms with Crippen molar-refractivity contribution in [3.05, 3.63) is 60.2 Å². The Labute approximate surface area is 157 Å². The van der Waals surface area contributed by atoms with Gasteiger partial charge in [0.2, 0.25) is 0 Å². The summed E-state index contributed by atoms with van der Waals surface area (Å²) in [7, 11) is 0. The Hall–Kier alpha value is -2.04. The molecule has 1 saturated heterocycles. The Kier molecular flexibility index (Phi) is 6.53. The third-order valence-corrected chi connectivity index (χ3v) is 4.93. The summed E-state index contributed by atoms with van der Waals surface area (Å²) >= 11 is 0. The van der Waals surface area contributed by atoms with E-state index in [0.29, 0.717) is 19.1 Å². The van der Waals surface area contributed by atoms with Crippen molar-refractivity contribution in [2.24, 2.45) is 0 Å². The molecule has 0 aromatic heterocycles. The minimum Gasteiger partial charge on any atom is -0.491 e. The number of β-amino-alcohol motifs (C(OH)–C–C–N with tert-alkyl or cyclic N) is 1. The molecule has 4 nitrogen and oxygen atoms in total. The molecule has 4 heteroatoms. The molecule has 0 radical (unpaired) electrons. The van der Waals surface area contributed by atoms with Crippen LogP contribution in [0.4, 0.5) is 5.69 Å². The monoisotopic (exact) mass is 354 g/mol. The Morgan fingerprint density at radius 1 is 0.923 bits per heavy atom. The van der Waals surface area contributed by atoms with E-state index in [4.69, 9.17) is 4.74 Å². The fourth-order valence-electron chi connectivity index (χ4n) is 3.45. The minimum absolute atomic E-state index is 0.336. The van der Waals surface area contributed by atoms with Gasteiger partial charge in [-0.3, -0.25) is 4.90 Å². The summed E-state index contributed by atoms with van der Waals surface area (Å²) < 4.78 is 5.91. The van der Waals surface area contributed by atoms with Crippen molar-refractivity contribution >= 4 is 5.69 Å². The van der Waals surface area contributed by atoms with Crippen molar-refractivity contribution in [3.63, 3.8) is 0 Å². The second-order valence-corrected chi connectivity index (χ2v) is 7.28. The second kappa shape index (κ2) is 9.06. The van der Waals surface area contributed by atoms with Crippen LogP contribution in [0, 0.1) is 0 Å². The van der Waals surface area contributed by atoms with E-state index in [-0.39, 0.29) is 0 Å². The lowest BCUT2D eigenvalue weighted by Crippen LogP contribution is -2.49. The first-order valence-corrected chi connectivity index (χ1v) is 9.55. The largest absolute Gasteiger partial charge is 0.491 e. The fourth-order valence-corrected chi connectivity index (χ4v) is 3.45. The summed E-state index contributed by atoms with van der Waals surface area (Å²) in [6, 6.07) is 18.6. The van der Waals surface area contributed by atoms with Crippen LogP contribution in [0.1, 0.15) is 25.3 Å². The molecule has 1 aliphatic heterocycles. The average molecular weight is 354 g/mol. The van der Waals surface area contributed by atoms with Gasteiger partial charge in [0.05, 0.1) is 0 Å². The van der Waals surface area contributed by atoms with Gasteiger partial charge >= 0.3 is 0 Å². The van der Waals surface area contributed by atoms with Crippen LogP contribution in [-0.2, 0) is 0 Å². The van der Waals surface area contributed by atoms with Gasteiger partial charge in [0.1, 0.15) is 18.5 Å². The highest BCUT2D eigenvalue weighted by molar-refractivity contribution is 5.46. The topological polar surface area (TPSA) is 35.9 Å². The zero-order chi connectivity index (χ0) is 18.4. The van der Waals surface area contributed by atoms with E-state index in [0.717, 1.165) is 31.9 Å². The molecule has 0 spiro atoms. The van der Waals surface area contributed by atoms with E-state index < -0.39 is 6.10 Å². The van der Waals surface area contributed by atoms with Crippen molar-refractivity contribution < 1.29 is 9.84 Å². The molecular formula is C22H30N2O2. The normalized spacial score (nSPS) is 16.7. The van der Waals surface area contributed by atoms with Gasteiger partial charge in [0, 0.05) is 38.4 Å². The molecule has 1 aliphatic rings. The Morgan fingerprint density at radius 3 is 2.27 bits per heavy atom. The molecule has 140 valence electrons. The maximum atomic E-state index is 10.4. The number of nitrogens with zero attached hydrogens (tertiary/aromatic N) is 2.